The first-order valence-electron chi connectivity index (χ1n) is 8.66. The maximum Gasteiger partial charge on any atom is 0.226 e. The molecule has 2 N–H and O–H groups in total. The van der Waals surface area contributed by atoms with Crippen molar-refractivity contribution in [3.63, 3.8) is 0 Å². The number of aromatic nitrogens is 1. The van der Waals surface area contributed by atoms with Gasteiger partial charge in [-0.05, 0) is 38.1 Å². The Morgan fingerprint density at radius 1 is 1.23 bits per heavy atom. The van der Waals surface area contributed by atoms with Crippen LogP contribution in [0.3, 0.4) is 0 Å². The summed E-state index contributed by atoms with van der Waals surface area (Å²) in [6.07, 6.45) is 2.65. The Morgan fingerprint density at radius 3 is 2.73 bits per heavy atom. The highest BCUT2D eigenvalue weighted by atomic mass is 32.1. The molecule has 5 nitrogen and oxygen atoms in total. The number of thiophene rings is 1. The SMILES string of the molecule is CN=C(NCc1coc(-c2ccccc2)n1)NC(C)Cc1ccc(C)s1. The van der Waals surface area contributed by atoms with Gasteiger partial charge in [-0.3, -0.25) is 4.99 Å². The molecule has 1 atom stereocenters. The molecule has 0 fully saturated rings. The summed E-state index contributed by atoms with van der Waals surface area (Å²) in [5.41, 5.74) is 1.81. The Kier molecular flexibility index (Phi) is 6.07. The molecule has 0 spiro atoms. The van der Waals surface area contributed by atoms with E-state index in [2.05, 4.69) is 46.6 Å². The molecule has 6 heteroatoms. The van der Waals surface area contributed by atoms with Gasteiger partial charge >= 0.3 is 0 Å². The Hall–Kier alpha value is -2.60. The quantitative estimate of drug-likeness (QED) is 0.510. The number of nitrogens with one attached hydrogen (secondary N) is 2. The molecule has 3 rings (SSSR count). The van der Waals surface area contributed by atoms with Gasteiger partial charge in [0, 0.05) is 34.8 Å². The summed E-state index contributed by atoms with van der Waals surface area (Å²) in [6.45, 7) is 4.85. The number of aliphatic imine (C=N–C) groups is 1. The third kappa shape index (κ3) is 4.95. The lowest BCUT2D eigenvalue weighted by atomic mass is 10.2. The van der Waals surface area contributed by atoms with E-state index in [1.54, 1.807) is 13.3 Å². The van der Waals surface area contributed by atoms with E-state index in [0.29, 0.717) is 12.4 Å². The summed E-state index contributed by atoms with van der Waals surface area (Å²) in [5, 5.41) is 6.71. The smallest absolute Gasteiger partial charge is 0.226 e. The summed E-state index contributed by atoms with van der Waals surface area (Å²) in [4.78, 5) is 11.5. The first-order chi connectivity index (χ1) is 12.6. The summed E-state index contributed by atoms with van der Waals surface area (Å²) in [5.74, 6) is 1.39. The largest absolute Gasteiger partial charge is 0.444 e. The van der Waals surface area contributed by atoms with Gasteiger partial charge in [0.15, 0.2) is 5.96 Å². The minimum atomic E-state index is 0.288. The van der Waals surface area contributed by atoms with Gasteiger partial charge in [-0.25, -0.2) is 4.98 Å². The lowest BCUT2D eigenvalue weighted by Crippen LogP contribution is -2.42. The summed E-state index contributed by atoms with van der Waals surface area (Å²) in [7, 11) is 1.77. The number of oxazole rings is 1. The van der Waals surface area contributed by atoms with Gasteiger partial charge in [0.25, 0.3) is 0 Å². The molecular weight excluding hydrogens is 344 g/mol. The highest BCUT2D eigenvalue weighted by Crippen LogP contribution is 2.18. The second-order valence-corrected chi connectivity index (χ2v) is 7.57. The van der Waals surface area contributed by atoms with Gasteiger partial charge in [-0.1, -0.05) is 18.2 Å². The second-order valence-electron chi connectivity index (χ2n) is 6.20. The maximum atomic E-state index is 5.57. The van der Waals surface area contributed by atoms with E-state index in [9.17, 15) is 0 Å². The van der Waals surface area contributed by atoms with Crippen LogP contribution in [-0.4, -0.2) is 24.0 Å². The normalized spacial score (nSPS) is 12.8. The zero-order valence-corrected chi connectivity index (χ0v) is 16.1. The van der Waals surface area contributed by atoms with Crippen LogP contribution in [0.5, 0.6) is 0 Å². The van der Waals surface area contributed by atoms with Crippen molar-refractivity contribution >= 4 is 17.3 Å². The average Bonchev–Trinajstić information content (AvgIpc) is 3.28. The monoisotopic (exact) mass is 368 g/mol. The fourth-order valence-corrected chi connectivity index (χ4v) is 3.67. The van der Waals surface area contributed by atoms with Crippen LogP contribution in [0.25, 0.3) is 11.5 Å². The Labute approximate surface area is 158 Å². The van der Waals surface area contributed by atoms with E-state index in [0.717, 1.165) is 23.6 Å². The van der Waals surface area contributed by atoms with Crippen molar-refractivity contribution in [3.05, 3.63) is 64.2 Å². The Balaban J connectivity index is 1.52. The molecule has 2 heterocycles. The number of aryl methyl sites for hydroxylation is 1. The van der Waals surface area contributed by atoms with Gasteiger partial charge in [0.05, 0.1) is 12.2 Å². The third-order valence-electron chi connectivity index (χ3n) is 3.92. The molecule has 1 unspecified atom stereocenters. The lowest BCUT2D eigenvalue weighted by molar-refractivity contribution is 0.572. The first-order valence-corrected chi connectivity index (χ1v) is 9.48. The number of hydrogen-bond acceptors (Lipinski definition) is 4. The van der Waals surface area contributed by atoms with Crippen LogP contribution >= 0.6 is 11.3 Å². The molecule has 0 radical (unpaired) electrons. The number of guanidine groups is 1. The molecule has 0 amide bonds. The molecule has 3 aromatic rings. The zero-order valence-electron chi connectivity index (χ0n) is 15.3. The van der Waals surface area contributed by atoms with Gasteiger partial charge in [-0.15, -0.1) is 11.3 Å². The molecule has 0 saturated carbocycles. The molecule has 136 valence electrons. The van der Waals surface area contributed by atoms with Crippen molar-refractivity contribution < 1.29 is 4.42 Å². The van der Waals surface area contributed by atoms with Crippen LogP contribution in [0.1, 0.15) is 22.4 Å². The molecule has 1 aromatic carbocycles. The van der Waals surface area contributed by atoms with E-state index in [1.165, 1.54) is 9.75 Å². The first kappa shape index (κ1) is 18.2. The molecular formula is C20H24N4OS. The van der Waals surface area contributed by atoms with Crippen molar-refractivity contribution in [2.24, 2.45) is 4.99 Å². The molecule has 0 aliphatic rings. The Bertz CT molecular complexity index is 854. The molecule has 0 saturated heterocycles. The van der Waals surface area contributed by atoms with E-state index >= 15 is 0 Å². The number of nitrogens with zero attached hydrogens (tertiary/aromatic N) is 2. The molecule has 2 aromatic heterocycles. The maximum absolute atomic E-state index is 5.57. The van der Waals surface area contributed by atoms with E-state index in [4.69, 9.17) is 4.42 Å². The fraction of sp³-hybridized carbons (Fsp3) is 0.300. The van der Waals surface area contributed by atoms with Gasteiger partial charge in [-0.2, -0.15) is 0 Å². The highest BCUT2D eigenvalue weighted by molar-refractivity contribution is 7.11. The van der Waals surface area contributed by atoms with Crippen LogP contribution in [0, 0.1) is 6.92 Å². The van der Waals surface area contributed by atoms with Gasteiger partial charge < -0.3 is 15.1 Å². The summed E-state index contributed by atoms with van der Waals surface area (Å²) < 4.78 is 5.57. The zero-order chi connectivity index (χ0) is 18.4. The molecule has 0 aliphatic carbocycles. The van der Waals surface area contributed by atoms with Crippen molar-refractivity contribution in [1.82, 2.24) is 15.6 Å². The third-order valence-corrected chi connectivity index (χ3v) is 4.94. The van der Waals surface area contributed by atoms with Crippen molar-refractivity contribution in [1.29, 1.82) is 0 Å². The van der Waals surface area contributed by atoms with Crippen LogP contribution in [0.2, 0.25) is 0 Å². The minimum Gasteiger partial charge on any atom is -0.444 e. The van der Waals surface area contributed by atoms with Crippen LogP contribution < -0.4 is 10.6 Å². The van der Waals surface area contributed by atoms with Gasteiger partial charge in [0.2, 0.25) is 5.89 Å². The molecule has 0 aliphatic heterocycles. The summed E-state index contributed by atoms with van der Waals surface area (Å²) >= 11 is 1.84. The topological polar surface area (TPSA) is 62.5 Å². The standard InChI is InChI=1S/C20H24N4OS/c1-14(11-18-10-9-15(2)26-18)23-20(21-3)22-12-17-13-25-19(24-17)16-7-5-4-6-8-16/h4-10,13-14H,11-12H2,1-3H3,(H2,21,22,23). The fourth-order valence-electron chi connectivity index (χ4n) is 2.65. The number of hydrogen-bond donors (Lipinski definition) is 2. The predicted octanol–water partition coefficient (Wildman–Crippen LogP) is 4.01. The lowest BCUT2D eigenvalue weighted by Gasteiger charge is -2.16. The molecule has 0 bridgehead atoms. The second kappa shape index (κ2) is 8.67. The van der Waals surface area contributed by atoms with Crippen LogP contribution in [0.15, 0.2) is 58.1 Å². The van der Waals surface area contributed by atoms with Crippen molar-refractivity contribution in [2.75, 3.05) is 7.05 Å². The minimum absolute atomic E-state index is 0.288. The van der Waals surface area contributed by atoms with Crippen molar-refractivity contribution in [2.45, 2.75) is 32.9 Å². The number of benzene rings is 1. The Morgan fingerprint density at radius 2 is 2.04 bits per heavy atom. The van der Waals surface area contributed by atoms with Gasteiger partial charge in [0.1, 0.15) is 6.26 Å². The average molecular weight is 369 g/mol. The summed E-state index contributed by atoms with van der Waals surface area (Å²) in [6, 6.07) is 14.5. The van der Waals surface area contributed by atoms with E-state index < -0.39 is 0 Å². The highest BCUT2D eigenvalue weighted by Gasteiger charge is 2.10. The molecule has 26 heavy (non-hydrogen) atoms. The van der Waals surface area contributed by atoms with Crippen molar-refractivity contribution in [3.8, 4) is 11.5 Å². The van der Waals surface area contributed by atoms with Crippen LogP contribution in [0.4, 0.5) is 0 Å². The van der Waals surface area contributed by atoms with E-state index in [-0.39, 0.29) is 6.04 Å². The van der Waals surface area contributed by atoms with E-state index in [1.807, 2.05) is 41.7 Å². The number of rotatable bonds is 6. The predicted molar refractivity (Wildman–Crippen MR) is 107 cm³/mol. The van der Waals surface area contributed by atoms with Crippen LogP contribution in [-0.2, 0) is 13.0 Å².